The summed E-state index contributed by atoms with van der Waals surface area (Å²) in [7, 11) is 3.24. The van der Waals surface area contributed by atoms with Crippen LogP contribution in [0.4, 0.5) is 0 Å². The molecule has 1 aromatic carbocycles. The maximum absolute atomic E-state index is 12.1. The number of nitrogens with zero attached hydrogens (tertiary/aromatic N) is 1. The number of benzene rings is 1. The molecule has 0 saturated heterocycles. The third kappa shape index (κ3) is 4.40. The van der Waals surface area contributed by atoms with Crippen molar-refractivity contribution >= 4 is 5.91 Å². The Labute approximate surface area is 156 Å². The number of hydrogen-bond donors (Lipinski definition) is 1. The van der Waals surface area contributed by atoms with E-state index in [9.17, 15) is 9.59 Å². The summed E-state index contributed by atoms with van der Waals surface area (Å²) in [6.07, 6.45) is 2.08. The van der Waals surface area contributed by atoms with Crippen molar-refractivity contribution in [1.29, 1.82) is 0 Å². The molecule has 0 bridgehead atoms. The number of nitrogens with two attached hydrogens (primary N) is 1. The van der Waals surface area contributed by atoms with E-state index in [4.69, 9.17) is 24.4 Å². The number of hydrogen-bond acceptors (Lipinski definition) is 7. The normalized spacial score (nSPS) is 13.7. The van der Waals surface area contributed by atoms with Gasteiger partial charge in [0.1, 0.15) is 12.0 Å². The van der Waals surface area contributed by atoms with Crippen molar-refractivity contribution in [3.05, 3.63) is 51.6 Å². The number of fused-ring (bicyclic) bond motifs is 1. The van der Waals surface area contributed by atoms with E-state index in [1.54, 1.807) is 14.2 Å². The Morgan fingerprint density at radius 1 is 1.15 bits per heavy atom. The molecule has 0 spiro atoms. The highest BCUT2D eigenvalue weighted by atomic mass is 16.5. The lowest BCUT2D eigenvalue weighted by Gasteiger charge is -2.29. The fourth-order valence-electron chi connectivity index (χ4n) is 3.07. The molecule has 8 heteroatoms. The molecule has 144 valence electrons. The van der Waals surface area contributed by atoms with E-state index in [1.807, 2.05) is 12.1 Å². The van der Waals surface area contributed by atoms with Crippen molar-refractivity contribution in [2.45, 2.75) is 19.5 Å². The van der Waals surface area contributed by atoms with E-state index >= 15 is 0 Å². The highest BCUT2D eigenvalue weighted by Gasteiger charge is 2.20. The van der Waals surface area contributed by atoms with Crippen LogP contribution in [-0.4, -0.2) is 38.2 Å². The molecule has 3 rings (SSSR count). The minimum absolute atomic E-state index is 0.0293. The minimum Gasteiger partial charge on any atom is -0.493 e. The molecule has 2 aromatic rings. The van der Waals surface area contributed by atoms with Gasteiger partial charge in [-0.25, -0.2) is 0 Å². The molecule has 2 N–H and O–H groups in total. The highest BCUT2D eigenvalue weighted by molar-refractivity contribution is 5.75. The van der Waals surface area contributed by atoms with Crippen LogP contribution in [0.3, 0.4) is 0 Å². The van der Waals surface area contributed by atoms with Crippen molar-refractivity contribution in [2.24, 2.45) is 5.73 Å². The third-order valence-corrected chi connectivity index (χ3v) is 4.40. The molecule has 8 nitrogen and oxygen atoms in total. The van der Waals surface area contributed by atoms with Gasteiger partial charge in [0.05, 0.1) is 20.8 Å². The second-order valence-electron chi connectivity index (χ2n) is 6.27. The summed E-state index contributed by atoms with van der Waals surface area (Å²) in [6, 6.07) is 5.37. The third-order valence-electron chi connectivity index (χ3n) is 4.40. The van der Waals surface area contributed by atoms with E-state index in [0.29, 0.717) is 24.6 Å². The van der Waals surface area contributed by atoms with Gasteiger partial charge in [0.2, 0.25) is 11.2 Å². The number of methoxy groups -OCH3 is 2. The van der Waals surface area contributed by atoms with Gasteiger partial charge in [-0.1, -0.05) is 0 Å². The van der Waals surface area contributed by atoms with E-state index in [0.717, 1.165) is 24.3 Å². The average Bonchev–Trinajstić information content (AvgIpc) is 2.66. The number of amides is 1. The van der Waals surface area contributed by atoms with Crippen molar-refractivity contribution in [2.75, 3.05) is 27.4 Å². The van der Waals surface area contributed by atoms with Gasteiger partial charge in [-0.3, -0.25) is 14.5 Å². The predicted octanol–water partition coefficient (Wildman–Crippen LogP) is 1.08. The number of carbonyl (C=O) groups excluding carboxylic acids is 1. The fraction of sp³-hybridized carbons (Fsp3) is 0.368. The summed E-state index contributed by atoms with van der Waals surface area (Å²) >= 11 is 0. The largest absolute Gasteiger partial charge is 0.493 e. The number of primary amides is 1. The first kappa shape index (κ1) is 18.8. The van der Waals surface area contributed by atoms with Gasteiger partial charge in [0, 0.05) is 19.2 Å². The minimum atomic E-state index is -0.655. The molecule has 0 fully saturated rings. The summed E-state index contributed by atoms with van der Waals surface area (Å²) < 4.78 is 21.2. The van der Waals surface area contributed by atoms with Crippen molar-refractivity contribution in [1.82, 2.24) is 4.90 Å². The maximum atomic E-state index is 12.1. The quantitative estimate of drug-likeness (QED) is 0.773. The highest BCUT2D eigenvalue weighted by Crippen LogP contribution is 2.33. The summed E-state index contributed by atoms with van der Waals surface area (Å²) in [5.41, 5.74) is 7.03. The Morgan fingerprint density at radius 3 is 2.48 bits per heavy atom. The summed E-state index contributed by atoms with van der Waals surface area (Å²) in [4.78, 5) is 25.0. The Morgan fingerprint density at radius 2 is 1.85 bits per heavy atom. The number of rotatable bonds is 7. The SMILES string of the molecule is COc1cc2c(cc1OC)CN(Cc1cc(=O)c(OCC(N)=O)co1)CC2. The van der Waals surface area contributed by atoms with Gasteiger partial charge < -0.3 is 24.4 Å². The summed E-state index contributed by atoms with van der Waals surface area (Å²) in [6.45, 7) is 1.66. The molecule has 1 aromatic heterocycles. The van der Waals surface area contributed by atoms with Crippen molar-refractivity contribution in [3.63, 3.8) is 0 Å². The molecule has 0 aliphatic carbocycles. The molecule has 0 unspecified atom stereocenters. The van der Waals surface area contributed by atoms with Crippen molar-refractivity contribution in [3.8, 4) is 17.2 Å². The van der Waals surface area contributed by atoms with Crippen LogP contribution < -0.4 is 25.4 Å². The lowest BCUT2D eigenvalue weighted by atomic mass is 9.98. The Bertz CT molecular complexity index is 892. The lowest BCUT2D eigenvalue weighted by Crippen LogP contribution is -2.30. The summed E-state index contributed by atoms with van der Waals surface area (Å²) in [5.74, 6) is 1.26. The first-order valence-electron chi connectivity index (χ1n) is 8.49. The Balaban J connectivity index is 1.70. The van der Waals surface area contributed by atoms with Gasteiger partial charge >= 0.3 is 0 Å². The predicted molar refractivity (Wildman–Crippen MR) is 97.0 cm³/mol. The van der Waals surface area contributed by atoms with Gasteiger partial charge in [-0.15, -0.1) is 0 Å². The van der Waals surface area contributed by atoms with Crippen LogP contribution in [0.2, 0.25) is 0 Å². The molecular weight excluding hydrogens is 352 g/mol. The van der Waals surface area contributed by atoms with E-state index in [-0.39, 0.29) is 17.8 Å². The molecule has 1 aliphatic rings. The zero-order valence-corrected chi connectivity index (χ0v) is 15.3. The van der Waals surface area contributed by atoms with E-state index < -0.39 is 5.91 Å². The first-order chi connectivity index (χ1) is 13.0. The molecule has 27 heavy (non-hydrogen) atoms. The number of ether oxygens (including phenoxy) is 3. The van der Waals surface area contributed by atoms with Gasteiger partial charge in [-0.05, 0) is 29.7 Å². The van der Waals surface area contributed by atoms with Gasteiger partial charge in [0.15, 0.2) is 18.1 Å². The van der Waals surface area contributed by atoms with Crippen LogP contribution >= 0.6 is 0 Å². The topological polar surface area (TPSA) is 104 Å². The zero-order chi connectivity index (χ0) is 19.4. The standard InChI is InChI=1S/C19H22N2O6/c1-24-16-5-12-3-4-21(8-13(12)6-17(16)25-2)9-14-7-15(22)18(10-26-14)27-11-19(20)23/h5-7,10H,3-4,8-9,11H2,1-2H3,(H2,20,23). The number of carbonyl (C=O) groups is 1. The van der Waals surface area contributed by atoms with Crippen LogP contribution in [0.1, 0.15) is 16.9 Å². The molecule has 0 atom stereocenters. The van der Waals surface area contributed by atoms with Crippen LogP contribution in [-0.2, 0) is 24.3 Å². The smallest absolute Gasteiger partial charge is 0.255 e. The molecule has 1 amide bonds. The van der Waals surface area contributed by atoms with Crippen molar-refractivity contribution < 1.29 is 23.4 Å². The van der Waals surface area contributed by atoms with Gasteiger partial charge in [0.25, 0.3) is 5.91 Å². The second-order valence-corrected chi connectivity index (χ2v) is 6.27. The molecule has 0 radical (unpaired) electrons. The zero-order valence-electron chi connectivity index (χ0n) is 15.3. The summed E-state index contributed by atoms with van der Waals surface area (Å²) in [5, 5.41) is 0. The molecule has 1 aliphatic heterocycles. The molecular formula is C19H22N2O6. The fourth-order valence-corrected chi connectivity index (χ4v) is 3.07. The second kappa shape index (κ2) is 8.13. The molecule has 0 saturated carbocycles. The van der Waals surface area contributed by atoms with Crippen LogP contribution in [0, 0.1) is 0 Å². The van der Waals surface area contributed by atoms with Gasteiger partial charge in [-0.2, -0.15) is 0 Å². The van der Waals surface area contributed by atoms with E-state index in [2.05, 4.69) is 4.90 Å². The Hall–Kier alpha value is -3.00. The average molecular weight is 374 g/mol. The van der Waals surface area contributed by atoms with E-state index in [1.165, 1.54) is 17.9 Å². The Kier molecular flexibility index (Phi) is 5.66. The van der Waals surface area contributed by atoms with Crippen LogP contribution in [0.25, 0.3) is 0 Å². The maximum Gasteiger partial charge on any atom is 0.255 e. The molecule has 2 heterocycles. The first-order valence-corrected chi connectivity index (χ1v) is 8.49. The monoisotopic (exact) mass is 374 g/mol. The van der Waals surface area contributed by atoms with Crippen LogP contribution in [0.5, 0.6) is 17.2 Å². The van der Waals surface area contributed by atoms with Crippen LogP contribution in [0.15, 0.2) is 33.7 Å². The lowest BCUT2D eigenvalue weighted by molar-refractivity contribution is -0.119.